The van der Waals surface area contributed by atoms with Gasteiger partial charge in [0.1, 0.15) is 5.82 Å². The highest BCUT2D eigenvalue weighted by molar-refractivity contribution is 9.10. The summed E-state index contributed by atoms with van der Waals surface area (Å²) in [5, 5.41) is 0. The highest BCUT2D eigenvalue weighted by atomic mass is 79.9. The van der Waals surface area contributed by atoms with E-state index in [0.717, 1.165) is 6.07 Å². The van der Waals surface area contributed by atoms with Crippen molar-refractivity contribution in [2.24, 2.45) is 0 Å². The Balaban J connectivity index is 3.37. The van der Waals surface area contributed by atoms with Gasteiger partial charge in [-0.1, -0.05) is 0 Å². The second-order valence-electron chi connectivity index (χ2n) is 2.61. The molecule has 0 heterocycles. The first-order valence-electron chi connectivity index (χ1n) is 3.35. The van der Waals surface area contributed by atoms with Gasteiger partial charge >= 0.3 is 6.18 Å². The molecule has 72 valence electrons. The Morgan fingerprint density at radius 1 is 1.23 bits per heavy atom. The van der Waals surface area contributed by atoms with E-state index in [2.05, 4.69) is 15.9 Å². The zero-order chi connectivity index (χ0) is 10.2. The first kappa shape index (κ1) is 10.5. The van der Waals surface area contributed by atoms with E-state index in [4.69, 9.17) is 0 Å². The van der Waals surface area contributed by atoms with Crippen LogP contribution >= 0.6 is 15.9 Å². The van der Waals surface area contributed by atoms with Gasteiger partial charge in [-0.15, -0.1) is 0 Å². The van der Waals surface area contributed by atoms with Crippen LogP contribution in [0.4, 0.5) is 17.6 Å². The van der Waals surface area contributed by atoms with E-state index in [0.29, 0.717) is 5.56 Å². The molecule has 0 nitrogen and oxygen atoms in total. The van der Waals surface area contributed by atoms with Crippen LogP contribution < -0.4 is 0 Å². The van der Waals surface area contributed by atoms with Gasteiger partial charge in [-0.2, -0.15) is 13.2 Å². The number of hydrogen-bond acceptors (Lipinski definition) is 0. The first-order valence-corrected chi connectivity index (χ1v) is 4.14. The van der Waals surface area contributed by atoms with Crippen molar-refractivity contribution >= 4 is 15.9 Å². The molecule has 0 atom stereocenters. The average Bonchev–Trinajstić information content (AvgIpc) is 1.94. The molecular formula is C8H5BrF4. The Bertz CT molecular complexity index is 330. The maximum Gasteiger partial charge on any atom is 0.419 e. The molecule has 0 aromatic heterocycles. The van der Waals surface area contributed by atoms with Crippen molar-refractivity contribution in [3.05, 3.63) is 33.5 Å². The molecule has 13 heavy (non-hydrogen) atoms. The van der Waals surface area contributed by atoms with E-state index >= 15 is 0 Å². The van der Waals surface area contributed by atoms with Gasteiger partial charge in [0.25, 0.3) is 0 Å². The molecule has 0 aliphatic rings. The summed E-state index contributed by atoms with van der Waals surface area (Å²) < 4.78 is 49.2. The molecular weight excluding hydrogens is 252 g/mol. The summed E-state index contributed by atoms with van der Waals surface area (Å²) in [4.78, 5) is 0. The normalized spacial score (nSPS) is 11.8. The highest BCUT2D eigenvalue weighted by Crippen LogP contribution is 2.34. The molecule has 0 N–H and O–H groups in total. The van der Waals surface area contributed by atoms with Gasteiger partial charge in [-0.3, -0.25) is 0 Å². The Morgan fingerprint density at radius 2 is 1.77 bits per heavy atom. The van der Waals surface area contributed by atoms with Crippen LogP contribution in [0.25, 0.3) is 0 Å². The standard InChI is InChI=1S/C8H5BrF4/c1-4-2-5(8(11,12)13)7(10)6(9)3-4/h2-3H,1H3. The van der Waals surface area contributed by atoms with Crippen LogP contribution in [0.3, 0.4) is 0 Å². The minimum absolute atomic E-state index is 0.167. The zero-order valence-corrected chi connectivity index (χ0v) is 8.13. The van der Waals surface area contributed by atoms with Crippen molar-refractivity contribution in [2.75, 3.05) is 0 Å². The molecule has 0 saturated carbocycles. The van der Waals surface area contributed by atoms with Crippen molar-refractivity contribution < 1.29 is 17.6 Å². The minimum atomic E-state index is -4.64. The van der Waals surface area contributed by atoms with Gasteiger partial charge in [-0.05, 0) is 40.5 Å². The third-order valence-corrected chi connectivity index (χ3v) is 2.05. The molecule has 0 spiro atoms. The SMILES string of the molecule is Cc1cc(Br)c(F)c(C(F)(F)F)c1. The summed E-state index contributed by atoms with van der Waals surface area (Å²) >= 11 is 2.71. The fourth-order valence-electron chi connectivity index (χ4n) is 0.931. The lowest BCUT2D eigenvalue weighted by molar-refractivity contribution is -0.140. The Labute approximate surface area is 80.7 Å². The lowest BCUT2D eigenvalue weighted by atomic mass is 10.1. The summed E-state index contributed by atoms with van der Waals surface area (Å²) in [6.45, 7) is 1.47. The fourth-order valence-corrected chi connectivity index (χ4v) is 1.51. The highest BCUT2D eigenvalue weighted by Gasteiger charge is 2.34. The van der Waals surface area contributed by atoms with Crippen LogP contribution in [0.2, 0.25) is 0 Å². The van der Waals surface area contributed by atoms with Crippen molar-refractivity contribution in [1.29, 1.82) is 0 Å². The first-order chi connectivity index (χ1) is 5.82. The summed E-state index contributed by atoms with van der Waals surface area (Å²) in [5.41, 5.74) is -0.875. The van der Waals surface area contributed by atoms with Crippen LogP contribution in [0, 0.1) is 12.7 Å². The predicted molar refractivity (Wildman–Crippen MR) is 43.8 cm³/mol. The number of alkyl halides is 3. The zero-order valence-electron chi connectivity index (χ0n) is 6.54. The van der Waals surface area contributed by atoms with Gasteiger partial charge in [0.15, 0.2) is 0 Å². The molecule has 0 amide bonds. The molecule has 0 saturated heterocycles. The van der Waals surface area contributed by atoms with Crippen LogP contribution in [-0.4, -0.2) is 0 Å². The summed E-state index contributed by atoms with van der Waals surface area (Å²) in [5.74, 6) is -1.27. The van der Waals surface area contributed by atoms with Gasteiger partial charge in [0.05, 0.1) is 10.0 Å². The van der Waals surface area contributed by atoms with Crippen molar-refractivity contribution in [3.8, 4) is 0 Å². The smallest absolute Gasteiger partial charge is 0.205 e. The molecule has 0 aliphatic heterocycles. The molecule has 0 radical (unpaired) electrons. The summed E-state index contributed by atoms with van der Waals surface area (Å²) in [6, 6.07) is 2.07. The van der Waals surface area contributed by atoms with Crippen molar-refractivity contribution in [2.45, 2.75) is 13.1 Å². The Hall–Kier alpha value is -0.580. The molecule has 1 rings (SSSR count). The largest absolute Gasteiger partial charge is 0.419 e. The fraction of sp³-hybridized carbons (Fsp3) is 0.250. The van der Waals surface area contributed by atoms with Crippen LogP contribution in [0.1, 0.15) is 11.1 Å². The second kappa shape index (κ2) is 3.29. The van der Waals surface area contributed by atoms with Gasteiger partial charge in [-0.25, -0.2) is 4.39 Å². The maximum absolute atomic E-state index is 12.9. The van der Waals surface area contributed by atoms with Crippen LogP contribution in [0.15, 0.2) is 16.6 Å². The Morgan fingerprint density at radius 3 is 2.23 bits per heavy atom. The molecule has 5 heteroatoms. The van der Waals surface area contributed by atoms with Crippen molar-refractivity contribution in [3.63, 3.8) is 0 Å². The maximum atomic E-state index is 12.9. The van der Waals surface area contributed by atoms with Gasteiger partial charge in [0.2, 0.25) is 0 Å². The number of aryl methyl sites for hydroxylation is 1. The lowest BCUT2D eigenvalue weighted by Crippen LogP contribution is -2.08. The van der Waals surface area contributed by atoms with Crippen molar-refractivity contribution in [1.82, 2.24) is 0 Å². The minimum Gasteiger partial charge on any atom is -0.205 e. The van der Waals surface area contributed by atoms with E-state index in [-0.39, 0.29) is 4.47 Å². The molecule has 0 unspecified atom stereocenters. The van der Waals surface area contributed by atoms with Gasteiger partial charge < -0.3 is 0 Å². The molecule has 0 fully saturated rings. The molecule has 1 aromatic rings. The van der Waals surface area contributed by atoms with E-state index in [9.17, 15) is 17.6 Å². The third kappa shape index (κ3) is 2.21. The number of benzene rings is 1. The van der Waals surface area contributed by atoms with E-state index in [1.54, 1.807) is 0 Å². The lowest BCUT2D eigenvalue weighted by Gasteiger charge is -2.09. The summed E-state index contributed by atoms with van der Waals surface area (Å²) in [6.07, 6.45) is -4.64. The third-order valence-electron chi connectivity index (χ3n) is 1.48. The number of hydrogen-bond donors (Lipinski definition) is 0. The molecule has 0 aliphatic carbocycles. The predicted octanol–water partition coefficient (Wildman–Crippen LogP) is 3.92. The van der Waals surface area contributed by atoms with E-state index < -0.39 is 17.6 Å². The molecule has 1 aromatic carbocycles. The number of halogens is 5. The second-order valence-corrected chi connectivity index (χ2v) is 3.46. The number of rotatable bonds is 0. The van der Waals surface area contributed by atoms with E-state index in [1.807, 2.05) is 0 Å². The quantitative estimate of drug-likeness (QED) is 0.618. The molecule has 0 bridgehead atoms. The van der Waals surface area contributed by atoms with Crippen LogP contribution in [-0.2, 0) is 6.18 Å². The average molecular weight is 257 g/mol. The van der Waals surface area contributed by atoms with Crippen LogP contribution in [0.5, 0.6) is 0 Å². The van der Waals surface area contributed by atoms with E-state index in [1.165, 1.54) is 13.0 Å². The summed E-state index contributed by atoms with van der Waals surface area (Å²) in [7, 11) is 0. The topological polar surface area (TPSA) is 0 Å². The Kier molecular flexibility index (Phi) is 2.66. The van der Waals surface area contributed by atoms with Gasteiger partial charge in [0, 0.05) is 0 Å². The monoisotopic (exact) mass is 256 g/mol.